The predicted octanol–water partition coefficient (Wildman–Crippen LogP) is 3.66. The Morgan fingerprint density at radius 2 is 2.10 bits per heavy atom. The van der Waals surface area contributed by atoms with E-state index in [1.165, 1.54) is 11.8 Å². The Bertz CT molecular complexity index is 656. The number of benzene rings is 1. The van der Waals surface area contributed by atoms with Gasteiger partial charge in [0.25, 0.3) is 0 Å². The largest absolute Gasteiger partial charge is 0.399 e. The normalized spacial score (nSPS) is 10.4. The van der Waals surface area contributed by atoms with Gasteiger partial charge < -0.3 is 11.1 Å². The Kier molecular flexibility index (Phi) is 5.09. The summed E-state index contributed by atoms with van der Waals surface area (Å²) >= 11 is 7.41. The summed E-state index contributed by atoms with van der Waals surface area (Å²) in [5.74, 6) is 0.143. The molecule has 0 saturated carbocycles. The van der Waals surface area contributed by atoms with Crippen LogP contribution >= 0.6 is 23.4 Å². The van der Waals surface area contributed by atoms with E-state index in [0.29, 0.717) is 16.4 Å². The molecule has 1 aromatic carbocycles. The summed E-state index contributed by atoms with van der Waals surface area (Å²) in [6.07, 6.45) is 0. The smallest absolute Gasteiger partial charge is 0.234 e. The van der Waals surface area contributed by atoms with Crippen molar-refractivity contribution in [3.05, 3.63) is 46.6 Å². The molecule has 110 valence electrons. The molecule has 21 heavy (non-hydrogen) atoms. The van der Waals surface area contributed by atoms with Crippen molar-refractivity contribution in [2.24, 2.45) is 0 Å². The number of nitrogens with one attached hydrogen (secondary N) is 1. The summed E-state index contributed by atoms with van der Waals surface area (Å²) in [6.45, 7) is 3.94. The number of aromatic nitrogens is 1. The van der Waals surface area contributed by atoms with Crippen LogP contribution < -0.4 is 11.1 Å². The average molecular weight is 322 g/mol. The van der Waals surface area contributed by atoms with Crippen LogP contribution in [0.5, 0.6) is 0 Å². The van der Waals surface area contributed by atoms with Crippen molar-refractivity contribution in [1.29, 1.82) is 0 Å². The van der Waals surface area contributed by atoms with E-state index < -0.39 is 0 Å². The molecule has 0 radical (unpaired) electrons. The van der Waals surface area contributed by atoms with Gasteiger partial charge in [0.2, 0.25) is 5.91 Å². The standard InChI is InChI=1S/C15H16ClN3OS/c1-9-5-10(2)18-15(6-9)21-8-14(20)19-13-4-3-11(17)7-12(13)16/h3-7H,8,17H2,1-2H3,(H,19,20). The van der Waals surface area contributed by atoms with Gasteiger partial charge in [0, 0.05) is 11.4 Å². The molecule has 1 amide bonds. The second kappa shape index (κ2) is 6.83. The van der Waals surface area contributed by atoms with Crippen molar-refractivity contribution in [2.45, 2.75) is 18.9 Å². The average Bonchev–Trinajstić information content (AvgIpc) is 2.39. The Morgan fingerprint density at radius 1 is 1.33 bits per heavy atom. The lowest BCUT2D eigenvalue weighted by atomic mass is 10.3. The van der Waals surface area contributed by atoms with Crippen LogP contribution in [0.25, 0.3) is 0 Å². The number of nitrogens with two attached hydrogens (primary N) is 1. The maximum absolute atomic E-state index is 11.9. The first-order chi connectivity index (χ1) is 9.94. The number of carbonyl (C=O) groups excluding carboxylic acids is 1. The second-order valence-electron chi connectivity index (χ2n) is 4.70. The third-order valence-electron chi connectivity index (χ3n) is 2.69. The van der Waals surface area contributed by atoms with Crippen LogP contribution in [0.1, 0.15) is 11.3 Å². The highest BCUT2D eigenvalue weighted by Crippen LogP contribution is 2.24. The van der Waals surface area contributed by atoms with Crippen molar-refractivity contribution >= 4 is 40.6 Å². The molecule has 0 fully saturated rings. The molecule has 4 nitrogen and oxygen atoms in total. The molecule has 0 unspecified atom stereocenters. The number of carbonyl (C=O) groups is 1. The molecule has 2 rings (SSSR count). The lowest BCUT2D eigenvalue weighted by Gasteiger charge is -2.08. The molecule has 6 heteroatoms. The van der Waals surface area contributed by atoms with Crippen LogP contribution in [0.2, 0.25) is 5.02 Å². The summed E-state index contributed by atoms with van der Waals surface area (Å²) in [4.78, 5) is 16.3. The first-order valence-electron chi connectivity index (χ1n) is 6.37. The topological polar surface area (TPSA) is 68.0 Å². The van der Waals surface area contributed by atoms with E-state index in [1.807, 2.05) is 26.0 Å². The highest BCUT2D eigenvalue weighted by Gasteiger charge is 2.08. The number of halogens is 1. The zero-order valence-electron chi connectivity index (χ0n) is 11.8. The molecule has 2 aromatic rings. The third kappa shape index (κ3) is 4.65. The van der Waals surface area contributed by atoms with Crippen molar-refractivity contribution in [1.82, 2.24) is 4.98 Å². The fourth-order valence-electron chi connectivity index (χ4n) is 1.84. The number of amides is 1. The van der Waals surface area contributed by atoms with Gasteiger partial charge in [0.15, 0.2) is 0 Å². The van der Waals surface area contributed by atoms with Crippen LogP contribution in [0.3, 0.4) is 0 Å². The molecule has 1 aromatic heterocycles. The van der Waals surface area contributed by atoms with E-state index in [2.05, 4.69) is 10.3 Å². The van der Waals surface area contributed by atoms with Gasteiger partial charge in [0.1, 0.15) is 0 Å². The van der Waals surface area contributed by atoms with Gasteiger partial charge in [-0.25, -0.2) is 4.98 Å². The van der Waals surface area contributed by atoms with Crippen LogP contribution in [0.15, 0.2) is 35.4 Å². The number of rotatable bonds is 4. The van der Waals surface area contributed by atoms with Gasteiger partial charge >= 0.3 is 0 Å². The van der Waals surface area contributed by atoms with Crippen LogP contribution in [-0.4, -0.2) is 16.6 Å². The van der Waals surface area contributed by atoms with Crippen molar-refractivity contribution in [2.75, 3.05) is 16.8 Å². The Balaban J connectivity index is 1.95. The number of nitrogens with zero attached hydrogens (tertiary/aromatic N) is 1. The lowest BCUT2D eigenvalue weighted by molar-refractivity contribution is -0.113. The monoisotopic (exact) mass is 321 g/mol. The molecule has 0 atom stereocenters. The molecule has 0 spiro atoms. The van der Waals surface area contributed by atoms with Crippen LogP contribution in [0, 0.1) is 13.8 Å². The first kappa shape index (κ1) is 15.7. The van der Waals surface area contributed by atoms with E-state index in [-0.39, 0.29) is 11.7 Å². The number of pyridine rings is 1. The predicted molar refractivity (Wildman–Crippen MR) is 88.9 cm³/mol. The van der Waals surface area contributed by atoms with E-state index in [0.717, 1.165) is 16.3 Å². The molecular weight excluding hydrogens is 306 g/mol. The van der Waals surface area contributed by atoms with E-state index in [1.54, 1.807) is 18.2 Å². The van der Waals surface area contributed by atoms with E-state index in [9.17, 15) is 4.79 Å². The number of anilines is 2. The number of hydrogen-bond donors (Lipinski definition) is 2. The maximum atomic E-state index is 11.9. The second-order valence-corrected chi connectivity index (χ2v) is 6.10. The quantitative estimate of drug-likeness (QED) is 0.666. The van der Waals surface area contributed by atoms with E-state index in [4.69, 9.17) is 17.3 Å². The molecular formula is C15H16ClN3OS. The summed E-state index contributed by atoms with van der Waals surface area (Å²) in [5.41, 5.74) is 8.81. The molecule has 0 bridgehead atoms. The van der Waals surface area contributed by atoms with Gasteiger partial charge in [-0.15, -0.1) is 0 Å². The molecule has 0 aliphatic carbocycles. The van der Waals surface area contributed by atoms with Crippen molar-refractivity contribution < 1.29 is 4.79 Å². The van der Waals surface area contributed by atoms with Gasteiger partial charge in [-0.2, -0.15) is 0 Å². The van der Waals surface area contributed by atoms with Crippen molar-refractivity contribution in [3.63, 3.8) is 0 Å². The van der Waals surface area contributed by atoms with Crippen LogP contribution in [0.4, 0.5) is 11.4 Å². The van der Waals surface area contributed by atoms with Crippen LogP contribution in [-0.2, 0) is 4.79 Å². The van der Waals surface area contributed by atoms with Gasteiger partial charge in [-0.1, -0.05) is 23.4 Å². The highest BCUT2D eigenvalue weighted by molar-refractivity contribution is 7.99. The molecule has 0 aliphatic rings. The maximum Gasteiger partial charge on any atom is 0.234 e. The summed E-state index contributed by atoms with van der Waals surface area (Å²) in [5, 5.41) is 4.03. The Morgan fingerprint density at radius 3 is 2.76 bits per heavy atom. The summed E-state index contributed by atoms with van der Waals surface area (Å²) < 4.78 is 0. The number of hydrogen-bond acceptors (Lipinski definition) is 4. The lowest BCUT2D eigenvalue weighted by Crippen LogP contribution is -2.14. The number of nitrogen functional groups attached to an aromatic ring is 1. The minimum Gasteiger partial charge on any atom is -0.399 e. The Labute approximate surface area is 133 Å². The molecule has 0 saturated heterocycles. The summed E-state index contributed by atoms with van der Waals surface area (Å²) in [6, 6.07) is 8.95. The fourth-order valence-corrected chi connectivity index (χ4v) is 2.90. The van der Waals surface area contributed by atoms with Crippen molar-refractivity contribution in [3.8, 4) is 0 Å². The zero-order valence-corrected chi connectivity index (χ0v) is 13.4. The highest BCUT2D eigenvalue weighted by atomic mass is 35.5. The van der Waals surface area contributed by atoms with Gasteiger partial charge in [-0.3, -0.25) is 4.79 Å². The number of aryl methyl sites for hydroxylation is 2. The minimum absolute atomic E-state index is 0.132. The Hall–Kier alpha value is -1.72. The first-order valence-corrected chi connectivity index (χ1v) is 7.73. The fraction of sp³-hybridized carbons (Fsp3) is 0.200. The molecule has 3 N–H and O–H groups in total. The zero-order chi connectivity index (χ0) is 15.4. The minimum atomic E-state index is -0.132. The molecule has 1 heterocycles. The van der Waals surface area contributed by atoms with Gasteiger partial charge in [-0.05, 0) is 49.7 Å². The SMILES string of the molecule is Cc1cc(C)nc(SCC(=O)Nc2ccc(N)cc2Cl)c1. The third-order valence-corrected chi connectivity index (χ3v) is 3.92. The summed E-state index contributed by atoms with van der Waals surface area (Å²) in [7, 11) is 0. The molecule has 0 aliphatic heterocycles. The van der Waals surface area contributed by atoms with Gasteiger partial charge in [0.05, 0.1) is 21.5 Å². The van der Waals surface area contributed by atoms with E-state index >= 15 is 0 Å². The number of thioether (sulfide) groups is 1.